The van der Waals surface area contributed by atoms with Gasteiger partial charge in [0.2, 0.25) is 10.0 Å². The second-order valence-electron chi connectivity index (χ2n) is 4.34. The molecule has 1 heterocycles. The maximum Gasteiger partial charge on any atom is 0.212 e. The average Bonchev–Trinajstić information content (AvgIpc) is 2.45. The van der Waals surface area contributed by atoms with Crippen LogP contribution in [0.1, 0.15) is 11.3 Å². The van der Waals surface area contributed by atoms with Gasteiger partial charge in [0.1, 0.15) is 5.82 Å². The highest BCUT2D eigenvalue weighted by Crippen LogP contribution is 2.04. The Hall–Kier alpha value is -1.79. The molecule has 0 radical (unpaired) electrons. The van der Waals surface area contributed by atoms with E-state index in [0.29, 0.717) is 12.0 Å². The maximum atomic E-state index is 13.0. The molecule has 4 nitrogen and oxygen atoms in total. The highest BCUT2D eigenvalue weighted by Gasteiger charge is 2.10. The van der Waals surface area contributed by atoms with Crippen molar-refractivity contribution in [2.75, 3.05) is 5.75 Å². The van der Waals surface area contributed by atoms with E-state index in [1.807, 2.05) is 6.07 Å². The van der Waals surface area contributed by atoms with Gasteiger partial charge in [-0.1, -0.05) is 18.2 Å². The Kier molecular flexibility index (Phi) is 4.81. The van der Waals surface area contributed by atoms with E-state index >= 15 is 0 Å². The third kappa shape index (κ3) is 4.71. The zero-order chi connectivity index (χ0) is 14.4. The van der Waals surface area contributed by atoms with Crippen molar-refractivity contribution in [3.63, 3.8) is 0 Å². The number of nitrogens with one attached hydrogen (secondary N) is 1. The Labute approximate surface area is 117 Å². The minimum atomic E-state index is -3.40. The molecule has 0 saturated heterocycles. The standard InChI is InChI=1S/C14H15FN2O2S/c15-13-5-3-4-12(10-13)11-17-20(18,19)9-7-14-6-1-2-8-16-14/h1-6,8,10,17H,7,9,11H2. The molecule has 0 saturated carbocycles. The van der Waals surface area contributed by atoms with Crippen LogP contribution >= 0.6 is 0 Å². The van der Waals surface area contributed by atoms with Gasteiger partial charge < -0.3 is 0 Å². The molecule has 2 rings (SSSR count). The number of aryl methyl sites for hydroxylation is 1. The van der Waals surface area contributed by atoms with Crippen LogP contribution in [0, 0.1) is 5.82 Å². The Balaban J connectivity index is 1.88. The largest absolute Gasteiger partial charge is 0.261 e. The van der Waals surface area contributed by atoms with Crippen LogP contribution in [0.3, 0.4) is 0 Å². The Morgan fingerprint density at radius 2 is 2.00 bits per heavy atom. The third-order valence-corrected chi connectivity index (χ3v) is 4.06. The highest BCUT2D eigenvalue weighted by molar-refractivity contribution is 7.89. The molecule has 1 aromatic heterocycles. The maximum absolute atomic E-state index is 13.0. The Bertz CT molecular complexity index is 660. The zero-order valence-corrected chi connectivity index (χ0v) is 11.6. The molecule has 2 aromatic rings. The molecule has 1 N–H and O–H groups in total. The van der Waals surface area contributed by atoms with E-state index in [0.717, 1.165) is 5.69 Å². The van der Waals surface area contributed by atoms with Crippen molar-refractivity contribution < 1.29 is 12.8 Å². The molecule has 1 aromatic carbocycles. The molecule has 106 valence electrons. The van der Waals surface area contributed by atoms with E-state index < -0.39 is 10.0 Å². The Morgan fingerprint density at radius 1 is 1.15 bits per heavy atom. The first-order valence-corrected chi connectivity index (χ1v) is 7.82. The molecule has 0 aliphatic rings. The van der Waals surface area contributed by atoms with Gasteiger partial charge in [0.15, 0.2) is 0 Å². The van der Waals surface area contributed by atoms with E-state index in [-0.39, 0.29) is 18.1 Å². The van der Waals surface area contributed by atoms with Crippen molar-refractivity contribution in [3.8, 4) is 0 Å². The summed E-state index contributed by atoms with van der Waals surface area (Å²) < 4.78 is 39.1. The van der Waals surface area contributed by atoms with Gasteiger partial charge in [-0.3, -0.25) is 4.98 Å². The van der Waals surface area contributed by atoms with Crippen LogP contribution in [-0.4, -0.2) is 19.2 Å². The number of aromatic nitrogens is 1. The summed E-state index contributed by atoms with van der Waals surface area (Å²) in [6.45, 7) is 0.0856. The van der Waals surface area contributed by atoms with Gasteiger partial charge in [-0.05, 0) is 29.8 Å². The summed E-state index contributed by atoms with van der Waals surface area (Å²) in [4.78, 5) is 4.07. The predicted octanol–water partition coefficient (Wildman–Crippen LogP) is 1.88. The summed E-state index contributed by atoms with van der Waals surface area (Å²) in [5.74, 6) is -0.422. The molecule has 0 fully saturated rings. The van der Waals surface area contributed by atoms with Crippen LogP contribution in [0.5, 0.6) is 0 Å². The highest BCUT2D eigenvalue weighted by atomic mass is 32.2. The van der Waals surface area contributed by atoms with E-state index in [2.05, 4.69) is 9.71 Å². The lowest BCUT2D eigenvalue weighted by Crippen LogP contribution is -2.27. The number of rotatable bonds is 6. The summed E-state index contributed by atoms with van der Waals surface area (Å²) in [7, 11) is -3.40. The number of sulfonamides is 1. The van der Waals surface area contributed by atoms with Gasteiger partial charge in [0, 0.05) is 24.9 Å². The fourth-order valence-corrected chi connectivity index (χ4v) is 2.71. The SMILES string of the molecule is O=S(=O)(CCc1ccccn1)NCc1cccc(F)c1. The summed E-state index contributed by atoms with van der Waals surface area (Å²) in [6, 6.07) is 11.2. The molecule has 0 aliphatic heterocycles. The summed E-state index contributed by atoms with van der Waals surface area (Å²) in [5, 5.41) is 0. The van der Waals surface area contributed by atoms with Gasteiger partial charge >= 0.3 is 0 Å². The van der Waals surface area contributed by atoms with Crippen LogP contribution in [-0.2, 0) is 23.0 Å². The number of hydrogen-bond acceptors (Lipinski definition) is 3. The minimum Gasteiger partial charge on any atom is -0.261 e. The molecule has 0 atom stereocenters. The predicted molar refractivity (Wildman–Crippen MR) is 75.0 cm³/mol. The van der Waals surface area contributed by atoms with Crippen LogP contribution in [0.15, 0.2) is 48.7 Å². The second kappa shape index (κ2) is 6.58. The first-order valence-electron chi connectivity index (χ1n) is 6.17. The van der Waals surface area contributed by atoms with E-state index in [4.69, 9.17) is 0 Å². The van der Waals surface area contributed by atoms with E-state index in [1.54, 1.807) is 30.5 Å². The van der Waals surface area contributed by atoms with Crippen LogP contribution in [0.4, 0.5) is 4.39 Å². The summed E-state index contributed by atoms with van der Waals surface area (Å²) in [5.41, 5.74) is 1.31. The number of halogens is 1. The monoisotopic (exact) mass is 294 g/mol. The van der Waals surface area contributed by atoms with Gasteiger partial charge in [-0.15, -0.1) is 0 Å². The van der Waals surface area contributed by atoms with Crippen molar-refractivity contribution in [2.24, 2.45) is 0 Å². The van der Waals surface area contributed by atoms with Gasteiger partial charge in [-0.25, -0.2) is 17.5 Å². The third-order valence-electron chi connectivity index (χ3n) is 2.74. The zero-order valence-electron chi connectivity index (χ0n) is 10.8. The molecule has 0 bridgehead atoms. The fourth-order valence-electron chi connectivity index (χ4n) is 1.70. The molecule has 0 unspecified atom stereocenters. The molecule has 0 amide bonds. The van der Waals surface area contributed by atoms with E-state index in [9.17, 15) is 12.8 Å². The molecular formula is C14H15FN2O2S. The minimum absolute atomic E-state index is 0.0423. The van der Waals surface area contributed by atoms with Crippen molar-refractivity contribution in [1.82, 2.24) is 9.71 Å². The number of nitrogens with zero attached hydrogens (tertiary/aromatic N) is 1. The fraction of sp³-hybridized carbons (Fsp3) is 0.214. The first-order chi connectivity index (χ1) is 9.55. The molecule has 20 heavy (non-hydrogen) atoms. The molecule has 0 aliphatic carbocycles. The molecule has 0 spiro atoms. The van der Waals surface area contributed by atoms with Gasteiger partial charge in [0.25, 0.3) is 0 Å². The topological polar surface area (TPSA) is 59.1 Å². The summed E-state index contributed by atoms with van der Waals surface area (Å²) >= 11 is 0. The quantitative estimate of drug-likeness (QED) is 0.885. The smallest absolute Gasteiger partial charge is 0.212 e. The van der Waals surface area contributed by atoms with Crippen LogP contribution in [0.25, 0.3) is 0 Å². The van der Waals surface area contributed by atoms with E-state index in [1.165, 1.54) is 12.1 Å². The lowest BCUT2D eigenvalue weighted by atomic mass is 10.2. The Morgan fingerprint density at radius 3 is 2.70 bits per heavy atom. The van der Waals surface area contributed by atoms with Gasteiger partial charge in [-0.2, -0.15) is 0 Å². The summed E-state index contributed by atoms with van der Waals surface area (Å²) in [6.07, 6.45) is 1.97. The van der Waals surface area contributed by atoms with Crippen LogP contribution in [0.2, 0.25) is 0 Å². The molecular weight excluding hydrogens is 279 g/mol. The van der Waals surface area contributed by atoms with Crippen molar-refractivity contribution in [2.45, 2.75) is 13.0 Å². The second-order valence-corrected chi connectivity index (χ2v) is 6.27. The lowest BCUT2D eigenvalue weighted by Gasteiger charge is -2.06. The number of pyridine rings is 1. The number of benzene rings is 1. The average molecular weight is 294 g/mol. The van der Waals surface area contributed by atoms with Crippen molar-refractivity contribution in [1.29, 1.82) is 0 Å². The molecule has 6 heteroatoms. The van der Waals surface area contributed by atoms with Crippen LogP contribution < -0.4 is 4.72 Å². The van der Waals surface area contributed by atoms with Gasteiger partial charge in [0.05, 0.1) is 5.75 Å². The van der Waals surface area contributed by atoms with Crippen molar-refractivity contribution >= 4 is 10.0 Å². The first kappa shape index (κ1) is 14.6. The lowest BCUT2D eigenvalue weighted by molar-refractivity contribution is 0.579. The number of hydrogen-bond donors (Lipinski definition) is 1. The normalized spacial score (nSPS) is 11.4. The van der Waals surface area contributed by atoms with Crippen molar-refractivity contribution in [3.05, 3.63) is 65.7 Å².